The van der Waals surface area contributed by atoms with Gasteiger partial charge in [0.05, 0.1) is 12.1 Å². The molecule has 0 aliphatic carbocycles. The lowest BCUT2D eigenvalue weighted by Gasteiger charge is -2.25. The smallest absolute Gasteiger partial charge is 0.315 e. The van der Waals surface area contributed by atoms with Gasteiger partial charge in [0.1, 0.15) is 17.7 Å². The van der Waals surface area contributed by atoms with E-state index in [1.54, 1.807) is 19.1 Å². The Bertz CT molecular complexity index is 478. The molecular weight excluding hydrogens is 287 g/mol. The average molecular weight is 312 g/mol. The van der Waals surface area contributed by atoms with E-state index in [-0.39, 0.29) is 31.0 Å². The van der Waals surface area contributed by atoms with Crippen LogP contribution in [0.4, 0.5) is 9.18 Å². The summed E-state index contributed by atoms with van der Waals surface area (Å²) >= 11 is 0. The maximum Gasteiger partial charge on any atom is 0.315 e. The topological polar surface area (TPSA) is 70.6 Å². The first-order valence-corrected chi connectivity index (χ1v) is 7.55. The van der Waals surface area contributed by atoms with E-state index in [1.807, 2.05) is 13.8 Å². The number of amides is 2. The minimum Gasteiger partial charge on any atom is -0.489 e. The molecule has 1 rings (SSSR count). The first-order chi connectivity index (χ1) is 10.4. The Balaban J connectivity index is 2.31. The Morgan fingerprint density at radius 1 is 1.36 bits per heavy atom. The third-order valence-electron chi connectivity index (χ3n) is 3.58. The Morgan fingerprint density at radius 3 is 2.64 bits per heavy atom. The molecule has 22 heavy (non-hydrogen) atoms. The van der Waals surface area contributed by atoms with Crippen LogP contribution in [0.25, 0.3) is 0 Å². The van der Waals surface area contributed by atoms with Crippen LogP contribution >= 0.6 is 0 Å². The molecule has 1 unspecified atom stereocenters. The molecule has 0 bridgehead atoms. The van der Waals surface area contributed by atoms with Crippen LogP contribution in [0.1, 0.15) is 33.6 Å². The van der Waals surface area contributed by atoms with Crippen molar-refractivity contribution in [3.05, 3.63) is 30.1 Å². The number of ether oxygens (including phenoxy) is 1. The number of hydrogen-bond donors (Lipinski definition) is 3. The van der Waals surface area contributed by atoms with Crippen LogP contribution in [0, 0.1) is 5.82 Å². The molecule has 0 radical (unpaired) electrons. The van der Waals surface area contributed by atoms with E-state index in [9.17, 15) is 14.3 Å². The third-order valence-corrected chi connectivity index (χ3v) is 3.58. The first-order valence-electron chi connectivity index (χ1n) is 7.55. The molecular formula is C16H25FN2O3. The lowest BCUT2D eigenvalue weighted by atomic mass is 9.98. The summed E-state index contributed by atoms with van der Waals surface area (Å²) in [6.45, 7) is 6.00. The van der Waals surface area contributed by atoms with Crippen LogP contribution < -0.4 is 15.4 Å². The van der Waals surface area contributed by atoms with Crippen molar-refractivity contribution in [1.29, 1.82) is 0 Å². The first kappa shape index (κ1) is 18.2. The van der Waals surface area contributed by atoms with Gasteiger partial charge in [-0.25, -0.2) is 9.18 Å². The lowest BCUT2D eigenvalue weighted by Crippen LogP contribution is -2.47. The normalized spacial score (nSPS) is 12.6. The van der Waals surface area contributed by atoms with Gasteiger partial charge in [-0.15, -0.1) is 0 Å². The zero-order chi connectivity index (χ0) is 16.6. The second-order valence-corrected chi connectivity index (χ2v) is 5.38. The van der Waals surface area contributed by atoms with Gasteiger partial charge < -0.3 is 20.5 Å². The van der Waals surface area contributed by atoms with E-state index >= 15 is 0 Å². The highest BCUT2D eigenvalue weighted by atomic mass is 19.1. The highest BCUT2D eigenvalue weighted by Crippen LogP contribution is 2.14. The second kappa shape index (κ2) is 8.58. The summed E-state index contributed by atoms with van der Waals surface area (Å²) in [4.78, 5) is 11.7. The van der Waals surface area contributed by atoms with Gasteiger partial charge in [-0.3, -0.25) is 0 Å². The summed E-state index contributed by atoms with van der Waals surface area (Å²) in [6.07, 6.45) is 0.843. The molecule has 0 saturated carbocycles. The molecule has 0 saturated heterocycles. The predicted octanol–water partition coefficient (Wildman–Crippen LogP) is 2.44. The molecule has 0 aliphatic heterocycles. The van der Waals surface area contributed by atoms with Gasteiger partial charge in [-0.1, -0.05) is 19.9 Å². The van der Waals surface area contributed by atoms with Gasteiger partial charge in [0, 0.05) is 12.6 Å². The van der Waals surface area contributed by atoms with Crippen molar-refractivity contribution in [1.82, 2.24) is 10.6 Å². The number of rotatable bonds is 8. The zero-order valence-corrected chi connectivity index (χ0v) is 13.4. The number of nitrogens with one attached hydrogen (secondary N) is 2. The number of urea groups is 1. The van der Waals surface area contributed by atoms with Crippen LogP contribution in [0.2, 0.25) is 0 Å². The van der Waals surface area contributed by atoms with Crippen molar-refractivity contribution >= 4 is 6.03 Å². The highest BCUT2D eigenvalue weighted by molar-refractivity contribution is 5.73. The Morgan fingerprint density at radius 2 is 2.05 bits per heavy atom. The molecule has 0 aliphatic rings. The highest BCUT2D eigenvalue weighted by Gasteiger charge is 2.22. The van der Waals surface area contributed by atoms with E-state index in [2.05, 4.69) is 10.6 Å². The Hall–Kier alpha value is -1.82. The Labute approximate surface area is 130 Å². The van der Waals surface area contributed by atoms with Crippen molar-refractivity contribution in [2.75, 3.05) is 13.1 Å². The van der Waals surface area contributed by atoms with E-state index in [0.29, 0.717) is 18.6 Å². The van der Waals surface area contributed by atoms with Gasteiger partial charge >= 0.3 is 6.03 Å². The summed E-state index contributed by atoms with van der Waals surface area (Å²) in [7, 11) is 0. The van der Waals surface area contributed by atoms with E-state index in [1.165, 1.54) is 12.1 Å². The molecule has 0 heterocycles. The molecule has 1 aromatic carbocycles. The third kappa shape index (κ3) is 6.30. The fraction of sp³-hybridized carbons (Fsp3) is 0.562. The molecule has 0 aromatic heterocycles. The average Bonchev–Trinajstić information content (AvgIpc) is 2.50. The van der Waals surface area contributed by atoms with Crippen molar-refractivity contribution in [3.63, 3.8) is 0 Å². The van der Waals surface area contributed by atoms with Gasteiger partial charge in [-0.05, 0) is 31.9 Å². The number of halogens is 1. The molecule has 0 spiro atoms. The van der Waals surface area contributed by atoms with Gasteiger partial charge in [0.25, 0.3) is 0 Å². The quantitative estimate of drug-likeness (QED) is 0.690. The van der Waals surface area contributed by atoms with Crippen LogP contribution in [-0.2, 0) is 0 Å². The summed E-state index contributed by atoms with van der Waals surface area (Å²) in [6, 6.07) is 5.48. The standard InChI is InChI=1S/C16H25FN2O3/c1-4-16(21,5-2)11-19-15(20)18-10-12(3)22-14-8-6-7-13(17)9-14/h6-9,12,21H,4-5,10-11H2,1-3H3,(H2,18,19,20). The summed E-state index contributed by atoms with van der Waals surface area (Å²) in [5.41, 5.74) is -0.874. The number of benzene rings is 1. The fourth-order valence-corrected chi connectivity index (χ4v) is 1.86. The van der Waals surface area contributed by atoms with Crippen LogP contribution in [0.15, 0.2) is 24.3 Å². The second-order valence-electron chi connectivity index (χ2n) is 5.38. The van der Waals surface area contributed by atoms with Crippen molar-refractivity contribution in [3.8, 4) is 5.75 Å². The molecule has 6 heteroatoms. The maximum absolute atomic E-state index is 13.0. The molecule has 124 valence electrons. The van der Waals surface area contributed by atoms with Gasteiger partial charge in [0.2, 0.25) is 0 Å². The summed E-state index contributed by atoms with van der Waals surface area (Å²) < 4.78 is 18.5. The maximum atomic E-state index is 13.0. The van der Waals surface area contributed by atoms with E-state index in [4.69, 9.17) is 4.74 Å². The molecule has 5 nitrogen and oxygen atoms in total. The SMILES string of the molecule is CCC(O)(CC)CNC(=O)NCC(C)Oc1cccc(F)c1. The summed E-state index contributed by atoms with van der Waals surface area (Å²) in [5.74, 6) is 0.0508. The van der Waals surface area contributed by atoms with E-state index < -0.39 is 5.60 Å². The fourth-order valence-electron chi connectivity index (χ4n) is 1.86. The van der Waals surface area contributed by atoms with E-state index in [0.717, 1.165) is 0 Å². The number of hydrogen-bond acceptors (Lipinski definition) is 3. The van der Waals surface area contributed by atoms with Gasteiger partial charge in [-0.2, -0.15) is 0 Å². The van der Waals surface area contributed by atoms with Crippen molar-refractivity contribution < 1.29 is 19.0 Å². The van der Waals surface area contributed by atoms with Crippen LogP contribution in [-0.4, -0.2) is 35.9 Å². The summed E-state index contributed by atoms with van der Waals surface area (Å²) in [5, 5.41) is 15.4. The Kier molecular flexibility index (Phi) is 7.11. The minimum absolute atomic E-state index is 0.199. The monoisotopic (exact) mass is 312 g/mol. The molecule has 0 fully saturated rings. The molecule has 2 amide bonds. The molecule has 1 atom stereocenters. The van der Waals surface area contributed by atoms with Crippen LogP contribution in [0.3, 0.4) is 0 Å². The zero-order valence-electron chi connectivity index (χ0n) is 13.4. The predicted molar refractivity (Wildman–Crippen MR) is 83.4 cm³/mol. The number of aliphatic hydroxyl groups is 1. The lowest BCUT2D eigenvalue weighted by molar-refractivity contribution is 0.0349. The van der Waals surface area contributed by atoms with Crippen LogP contribution in [0.5, 0.6) is 5.75 Å². The van der Waals surface area contributed by atoms with Crippen molar-refractivity contribution in [2.24, 2.45) is 0 Å². The number of carbonyl (C=O) groups is 1. The molecule has 1 aromatic rings. The number of carbonyl (C=O) groups excluding carboxylic acids is 1. The minimum atomic E-state index is -0.874. The molecule has 3 N–H and O–H groups in total. The van der Waals surface area contributed by atoms with Crippen molar-refractivity contribution in [2.45, 2.75) is 45.3 Å². The van der Waals surface area contributed by atoms with Gasteiger partial charge in [0.15, 0.2) is 0 Å². The largest absolute Gasteiger partial charge is 0.489 e.